The normalized spacial score (nSPS) is 30.3. The minimum atomic E-state index is 0.265. The van der Waals surface area contributed by atoms with Gasteiger partial charge in [0.1, 0.15) is 5.69 Å². The van der Waals surface area contributed by atoms with Crippen LogP contribution in [0.3, 0.4) is 0 Å². The number of hydrogen-bond acceptors (Lipinski definition) is 4. The Labute approximate surface area is 118 Å². The summed E-state index contributed by atoms with van der Waals surface area (Å²) < 4.78 is 0. The van der Waals surface area contributed by atoms with Crippen LogP contribution < -0.4 is 4.90 Å². The van der Waals surface area contributed by atoms with Gasteiger partial charge in [-0.05, 0) is 43.9 Å². The molecule has 0 radical (unpaired) electrons. The van der Waals surface area contributed by atoms with Crippen molar-refractivity contribution in [2.45, 2.75) is 44.9 Å². The van der Waals surface area contributed by atoms with Crippen LogP contribution in [0.25, 0.3) is 0 Å². The fraction of sp³-hybridized carbons (Fsp3) is 0.733. The molecule has 1 saturated carbocycles. The zero-order valence-electron chi connectivity index (χ0n) is 11.2. The number of carbonyl (C=O) groups is 1. The predicted octanol–water partition coefficient (Wildman–Crippen LogP) is 3.29. The quantitative estimate of drug-likeness (QED) is 0.789. The summed E-state index contributed by atoms with van der Waals surface area (Å²) in [5, 5.41) is 1.12. The minimum Gasteiger partial charge on any atom is -0.348 e. The van der Waals surface area contributed by atoms with Crippen molar-refractivity contribution in [3.8, 4) is 0 Å². The first-order valence-electron chi connectivity index (χ1n) is 7.57. The molecule has 1 aliphatic heterocycles. The maximum absolute atomic E-state index is 11.9. The van der Waals surface area contributed by atoms with E-state index >= 15 is 0 Å². The van der Waals surface area contributed by atoms with Gasteiger partial charge in [0.15, 0.2) is 10.9 Å². The lowest BCUT2D eigenvalue weighted by Crippen LogP contribution is -2.42. The molecule has 2 bridgehead atoms. The predicted molar refractivity (Wildman–Crippen MR) is 77.0 cm³/mol. The molecule has 2 atom stereocenters. The summed E-state index contributed by atoms with van der Waals surface area (Å²) >= 11 is 1.78. The number of thiazole rings is 1. The molecule has 4 rings (SSSR count). The SMILES string of the molecule is O=C1CCCc2sc(N3CC4CCCC(C4)C3)nc21. The number of hydrogen-bond donors (Lipinski definition) is 0. The number of carbonyl (C=O) groups excluding carboxylic acids is 1. The lowest BCUT2D eigenvalue weighted by atomic mass is 9.78. The molecule has 3 nitrogen and oxygen atoms in total. The van der Waals surface area contributed by atoms with E-state index in [0.717, 1.165) is 48.6 Å². The molecule has 0 spiro atoms. The van der Waals surface area contributed by atoms with Crippen molar-refractivity contribution in [1.82, 2.24) is 4.98 Å². The average molecular weight is 276 g/mol. The van der Waals surface area contributed by atoms with E-state index in [0.29, 0.717) is 6.42 Å². The molecule has 2 aliphatic carbocycles. The molecule has 4 heteroatoms. The van der Waals surface area contributed by atoms with Crippen molar-refractivity contribution in [3.63, 3.8) is 0 Å². The number of nitrogens with zero attached hydrogens (tertiary/aromatic N) is 2. The second-order valence-electron chi connectivity index (χ2n) is 6.35. The molecular weight excluding hydrogens is 256 g/mol. The summed E-state index contributed by atoms with van der Waals surface area (Å²) in [5.41, 5.74) is 0.794. The molecule has 0 amide bonds. The van der Waals surface area contributed by atoms with Crippen LogP contribution in [0, 0.1) is 11.8 Å². The summed E-state index contributed by atoms with van der Waals surface area (Å²) in [7, 11) is 0. The van der Waals surface area contributed by atoms with Gasteiger partial charge in [0.05, 0.1) is 0 Å². The average Bonchev–Trinajstić information content (AvgIpc) is 2.84. The summed E-state index contributed by atoms with van der Waals surface area (Å²) in [6.45, 7) is 2.33. The van der Waals surface area contributed by atoms with Crippen molar-refractivity contribution in [2.24, 2.45) is 11.8 Å². The number of aryl methyl sites for hydroxylation is 1. The van der Waals surface area contributed by atoms with Crippen molar-refractivity contribution in [3.05, 3.63) is 10.6 Å². The minimum absolute atomic E-state index is 0.265. The largest absolute Gasteiger partial charge is 0.348 e. The Morgan fingerprint density at radius 1 is 1.11 bits per heavy atom. The first-order valence-corrected chi connectivity index (χ1v) is 8.39. The van der Waals surface area contributed by atoms with Crippen molar-refractivity contribution in [2.75, 3.05) is 18.0 Å². The fourth-order valence-electron chi connectivity index (χ4n) is 3.98. The number of fused-ring (bicyclic) bond motifs is 3. The third kappa shape index (κ3) is 2.10. The maximum Gasteiger partial charge on any atom is 0.186 e. The third-order valence-corrected chi connectivity index (χ3v) is 6.05. The van der Waals surface area contributed by atoms with Crippen LogP contribution in [0.1, 0.15) is 53.9 Å². The number of rotatable bonds is 1. The van der Waals surface area contributed by atoms with Crippen LogP contribution in [-0.4, -0.2) is 23.9 Å². The summed E-state index contributed by atoms with van der Waals surface area (Å²) in [4.78, 5) is 20.3. The van der Waals surface area contributed by atoms with E-state index in [9.17, 15) is 4.79 Å². The van der Waals surface area contributed by atoms with Crippen LogP contribution in [-0.2, 0) is 6.42 Å². The molecule has 0 N–H and O–H groups in total. The van der Waals surface area contributed by atoms with Crippen molar-refractivity contribution < 1.29 is 4.79 Å². The number of ketones is 1. The van der Waals surface area contributed by atoms with Gasteiger partial charge in [0, 0.05) is 24.4 Å². The van der Waals surface area contributed by atoms with Gasteiger partial charge >= 0.3 is 0 Å². The molecule has 2 heterocycles. The van der Waals surface area contributed by atoms with E-state index in [1.54, 1.807) is 11.3 Å². The molecule has 1 aromatic rings. The molecule has 102 valence electrons. The highest BCUT2D eigenvalue weighted by atomic mass is 32.1. The first-order chi connectivity index (χ1) is 9.29. The second-order valence-corrected chi connectivity index (χ2v) is 7.41. The number of piperidine rings is 1. The topological polar surface area (TPSA) is 33.2 Å². The molecule has 0 aromatic carbocycles. The molecule has 1 saturated heterocycles. The van der Waals surface area contributed by atoms with E-state index in [-0.39, 0.29) is 5.78 Å². The Morgan fingerprint density at radius 3 is 2.63 bits per heavy atom. The van der Waals surface area contributed by atoms with Crippen LogP contribution >= 0.6 is 11.3 Å². The van der Waals surface area contributed by atoms with E-state index in [4.69, 9.17) is 0 Å². The van der Waals surface area contributed by atoms with Gasteiger partial charge < -0.3 is 4.90 Å². The van der Waals surface area contributed by atoms with E-state index in [1.807, 2.05) is 0 Å². The zero-order valence-corrected chi connectivity index (χ0v) is 12.0. The van der Waals surface area contributed by atoms with Crippen LogP contribution in [0.2, 0.25) is 0 Å². The standard InChI is InChI=1S/C15H20N2OS/c18-12-5-2-6-13-14(12)16-15(19-13)17-8-10-3-1-4-11(7-10)9-17/h10-11H,1-9H2. The highest BCUT2D eigenvalue weighted by molar-refractivity contribution is 7.16. The maximum atomic E-state index is 11.9. The third-order valence-electron chi connectivity index (χ3n) is 4.88. The number of anilines is 1. The number of aromatic nitrogens is 1. The molecular formula is C15H20N2OS. The van der Waals surface area contributed by atoms with Crippen LogP contribution in [0.4, 0.5) is 5.13 Å². The Kier molecular flexibility index (Phi) is 2.87. The van der Waals surface area contributed by atoms with E-state index in [2.05, 4.69) is 9.88 Å². The zero-order chi connectivity index (χ0) is 12.8. The molecule has 3 aliphatic rings. The monoisotopic (exact) mass is 276 g/mol. The second kappa shape index (κ2) is 4.58. The molecule has 19 heavy (non-hydrogen) atoms. The molecule has 2 fully saturated rings. The van der Waals surface area contributed by atoms with Gasteiger partial charge in [-0.15, -0.1) is 11.3 Å². The highest BCUT2D eigenvalue weighted by Crippen LogP contribution is 2.39. The van der Waals surface area contributed by atoms with Gasteiger partial charge in [-0.1, -0.05) is 6.42 Å². The lowest BCUT2D eigenvalue weighted by molar-refractivity contribution is 0.0968. The number of Topliss-reactive ketones (excluding diaryl/α,β-unsaturated/α-hetero) is 1. The molecule has 1 aromatic heterocycles. The summed E-state index contributed by atoms with van der Waals surface area (Å²) in [6, 6.07) is 0. The Balaban J connectivity index is 1.60. The lowest BCUT2D eigenvalue weighted by Gasteiger charge is -2.41. The van der Waals surface area contributed by atoms with Gasteiger partial charge in [-0.3, -0.25) is 4.79 Å². The van der Waals surface area contributed by atoms with Gasteiger partial charge in [-0.2, -0.15) is 0 Å². The smallest absolute Gasteiger partial charge is 0.186 e. The Hall–Kier alpha value is -0.900. The fourth-order valence-corrected chi connectivity index (χ4v) is 5.12. The van der Waals surface area contributed by atoms with Gasteiger partial charge in [0.2, 0.25) is 0 Å². The van der Waals surface area contributed by atoms with Gasteiger partial charge in [0.25, 0.3) is 0 Å². The van der Waals surface area contributed by atoms with E-state index in [1.165, 1.54) is 30.6 Å². The van der Waals surface area contributed by atoms with Gasteiger partial charge in [-0.25, -0.2) is 4.98 Å². The van der Waals surface area contributed by atoms with Crippen LogP contribution in [0.5, 0.6) is 0 Å². The summed E-state index contributed by atoms with van der Waals surface area (Å²) in [5.74, 6) is 1.99. The Bertz CT molecular complexity index is 498. The van der Waals surface area contributed by atoms with E-state index < -0.39 is 0 Å². The summed E-state index contributed by atoms with van der Waals surface area (Å²) in [6.07, 6.45) is 8.37. The Morgan fingerprint density at radius 2 is 1.89 bits per heavy atom. The van der Waals surface area contributed by atoms with Crippen molar-refractivity contribution in [1.29, 1.82) is 0 Å². The molecule has 2 unspecified atom stereocenters. The highest BCUT2D eigenvalue weighted by Gasteiger charge is 2.33. The van der Waals surface area contributed by atoms with Crippen molar-refractivity contribution >= 4 is 22.3 Å². The van der Waals surface area contributed by atoms with Crippen LogP contribution in [0.15, 0.2) is 0 Å². The first kappa shape index (κ1) is 11.9.